The number of rotatable bonds is 7. The van der Waals surface area contributed by atoms with E-state index in [1.807, 2.05) is 0 Å². The van der Waals surface area contributed by atoms with E-state index in [0.29, 0.717) is 41.4 Å². The topological polar surface area (TPSA) is 79.5 Å². The predicted molar refractivity (Wildman–Crippen MR) is 106 cm³/mol. The zero-order valence-corrected chi connectivity index (χ0v) is 16.5. The smallest absolute Gasteiger partial charge is 0.319 e. The van der Waals surface area contributed by atoms with E-state index >= 15 is 0 Å². The first-order valence-corrected chi connectivity index (χ1v) is 10.2. The Bertz CT molecular complexity index is 678. The van der Waals surface area contributed by atoms with Gasteiger partial charge in [0, 0.05) is 18.3 Å². The lowest BCUT2D eigenvalue weighted by Crippen LogP contribution is -2.34. The van der Waals surface area contributed by atoms with E-state index in [1.165, 1.54) is 19.3 Å². The highest BCUT2D eigenvalue weighted by Crippen LogP contribution is 2.26. The summed E-state index contributed by atoms with van der Waals surface area (Å²) in [7, 11) is 0. The molecule has 3 amide bonds. The van der Waals surface area contributed by atoms with Crippen molar-refractivity contribution in [3.8, 4) is 0 Å². The van der Waals surface area contributed by atoms with Gasteiger partial charge in [-0.25, -0.2) is 4.79 Å². The van der Waals surface area contributed by atoms with Crippen molar-refractivity contribution in [3.05, 3.63) is 28.8 Å². The molecule has 0 unspecified atom stereocenters. The summed E-state index contributed by atoms with van der Waals surface area (Å²) in [6, 6.07) is 4.84. The number of benzene rings is 1. The normalized spacial score (nSPS) is 22.1. The van der Waals surface area contributed by atoms with Crippen molar-refractivity contribution in [2.24, 2.45) is 5.92 Å². The third-order valence-electron chi connectivity index (χ3n) is 5.14. The Morgan fingerprint density at radius 3 is 2.67 bits per heavy atom. The van der Waals surface area contributed by atoms with Crippen molar-refractivity contribution in [2.75, 3.05) is 18.5 Å². The average molecular weight is 394 g/mol. The summed E-state index contributed by atoms with van der Waals surface area (Å²) in [6.45, 7) is 3.18. The first kappa shape index (κ1) is 20.0. The number of carbonyl (C=O) groups is 2. The van der Waals surface area contributed by atoms with Gasteiger partial charge in [-0.1, -0.05) is 31.4 Å². The molecule has 1 aromatic rings. The van der Waals surface area contributed by atoms with E-state index < -0.39 is 0 Å². The average Bonchev–Trinajstić information content (AvgIpc) is 3.44. The summed E-state index contributed by atoms with van der Waals surface area (Å²) < 4.78 is 5.89. The van der Waals surface area contributed by atoms with E-state index in [-0.39, 0.29) is 18.0 Å². The van der Waals surface area contributed by atoms with E-state index in [9.17, 15) is 9.59 Å². The lowest BCUT2D eigenvalue weighted by atomic mass is 9.88. The maximum Gasteiger partial charge on any atom is 0.319 e. The van der Waals surface area contributed by atoms with Crippen molar-refractivity contribution < 1.29 is 14.3 Å². The Labute approximate surface area is 165 Å². The van der Waals surface area contributed by atoms with Gasteiger partial charge < -0.3 is 20.7 Å². The SMILES string of the molecule is C[C@@H]1CCCC[C@@H]1OCCNC(=O)Nc1ccc(C(=O)NC2CC2)c(Cl)c1. The molecule has 0 radical (unpaired) electrons. The molecule has 148 valence electrons. The Morgan fingerprint density at radius 1 is 1.19 bits per heavy atom. The van der Waals surface area contributed by atoms with E-state index in [0.717, 1.165) is 19.3 Å². The lowest BCUT2D eigenvalue weighted by Gasteiger charge is -2.28. The van der Waals surface area contributed by atoms with Crippen molar-refractivity contribution in [3.63, 3.8) is 0 Å². The summed E-state index contributed by atoms with van der Waals surface area (Å²) in [5.74, 6) is 0.415. The van der Waals surface area contributed by atoms with Crippen LogP contribution in [-0.2, 0) is 4.74 Å². The van der Waals surface area contributed by atoms with Crippen LogP contribution in [0.25, 0.3) is 0 Å². The van der Waals surface area contributed by atoms with Gasteiger partial charge in [0.1, 0.15) is 0 Å². The van der Waals surface area contributed by atoms with Gasteiger partial charge in [0.25, 0.3) is 5.91 Å². The summed E-state index contributed by atoms with van der Waals surface area (Å²) in [6.07, 6.45) is 7.17. The van der Waals surface area contributed by atoms with Crippen LogP contribution in [0.3, 0.4) is 0 Å². The molecule has 3 N–H and O–H groups in total. The monoisotopic (exact) mass is 393 g/mol. The number of ether oxygens (including phenoxy) is 1. The van der Waals surface area contributed by atoms with Gasteiger partial charge in [0.05, 0.1) is 23.3 Å². The number of carbonyl (C=O) groups excluding carboxylic acids is 2. The second kappa shape index (κ2) is 9.42. The zero-order valence-electron chi connectivity index (χ0n) is 15.7. The number of amides is 3. The standard InChI is InChI=1S/C20H28ClN3O3/c1-13-4-2-3-5-18(13)27-11-10-22-20(26)24-15-8-9-16(17(21)12-15)19(25)23-14-6-7-14/h8-9,12-14,18H,2-7,10-11H2,1H3,(H,23,25)(H2,22,24,26)/t13-,18+/m1/s1. The number of nitrogens with one attached hydrogen (secondary N) is 3. The molecule has 0 aliphatic heterocycles. The minimum absolute atomic E-state index is 0.174. The van der Waals surface area contributed by atoms with Crippen LogP contribution in [0.5, 0.6) is 0 Å². The Kier molecular flexibility index (Phi) is 6.96. The molecule has 27 heavy (non-hydrogen) atoms. The van der Waals surface area contributed by atoms with E-state index in [1.54, 1.807) is 18.2 Å². The highest BCUT2D eigenvalue weighted by atomic mass is 35.5. The number of hydrogen-bond donors (Lipinski definition) is 3. The van der Waals surface area contributed by atoms with Crippen LogP contribution in [0, 0.1) is 5.92 Å². The van der Waals surface area contributed by atoms with Crippen LogP contribution >= 0.6 is 11.6 Å². The fourth-order valence-corrected chi connectivity index (χ4v) is 3.61. The highest BCUT2D eigenvalue weighted by molar-refractivity contribution is 6.34. The fraction of sp³-hybridized carbons (Fsp3) is 0.600. The van der Waals surface area contributed by atoms with Crippen LogP contribution in [-0.4, -0.2) is 37.2 Å². The van der Waals surface area contributed by atoms with Crippen LogP contribution in [0.4, 0.5) is 10.5 Å². The van der Waals surface area contributed by atoms with Crippen molar-refractivity contribution in [1.29, 1.82) is 0 Å². The van der Waals surface area contributed by atoms with Crippen molar-refractivity contribution in [2.45, 2.75) is 57.6 Å². The third-order valence-corrected chi connectivity index (χ3v) is 5.45. The predicted octanol–water partition coefficient (Wildman–Crippen LogP) is 3.95. The van der Waals surface area contributed by atoms with Crippen LogP contribution < -0.4 is 16.0 Å². The van der Waals surface area contributed by atoms with Crippen LogP contribution in [0.1, 0.15) is 55.8 Å². The van der Waals surface area contributed by atoms with Gasteiger partial charge in [0.2, 0.25) is 0 Å². The third kappa shape index (κ3) is 6.11. The molecule has 2 aliphatic carbocycles. The van der Waals surface area contributed by atoms with E-state index in [4.69, 9.17) is 16.3 Å². The molecule has 0 bridgehead atoms. The molecule has 2 saturated carbocycles. The van der Waals surface area contributed by atoms with Crippen molar-refractivity contribution >= 4 is 29.2 Å². The minimum atomic E-state index is -0.318. The minimum Gasteiger partial charge on any atom is -0.376 e. The molecular weight excluding hydrogens is 366 g/mol. The van der Waals surface area contributed by atoms with Gasteiger partial charge in [0.15, 0.2) is 0 Å². The van der Waals surface area contributed by atoms with Crippen LogP contribution in [0.2, 0.25) is 5.02 Å². The molecule has 2 fully saturated rings. The molecule has 2 aliphatic rings. The maximum absolute atomic E-state index is 12.1. The second-order valence-electron chi connectivity index (χ2n) is 7.49. The van der Waals surface area contributed by atoms with Gasteiger partial charge >= 0.3 is 6.03 Å². The fourth-order valence-electron chi connectivity index (χ4n) is 3.35. The molecular formula is C20H28ClN3O3. The quantitative estimate of drug-likeness (QED) is 0.613. The first-order chi connectivity index (χ1) is 13.0. The molecule has 2 atom stereocenters. The van der Waals surface area contributed by atoms with Crippen LogP contribution in [0.15, 0.2) is 18.2 Å². The van der Waals surface area contributed by atoms with Gasteiger partial charge in [-0.3, -0.25) is 4.79 Å². The molecule has 0 aromatic heterocycles. The summed E-state index contributed by atoms with van der Waals surface area (Å²) in [5.41, 5.74) is 0.965. The second-order valence-corrected chi connectivity index (χ2v) is 7.90. The number of urea groups is 1. The largest absolute Gasteiger partial charge is 0.376 e. The van der Waals surface area contributed by atoms with Gasteiger partial charge in [-0.2, -0.15) is 0 Å². The lowest BCUT2D eigenvalue weighted by molar-refractivity contribution is -0.00232. The molecule has 6 nitrogen and oxygen atoms in total. The summed E-state index contributed by atoms with van der Waals surface area (Å²) in [4.78, 5) is 24.1. The molecule has 0 spiro atoms. The zero-order chi connectivity index (χ0) is 19.2. The Hall–Kier alpha value is -1.79. The van der Waals surface area contributed by atoms with Gasteiger partial charge in [-0.05, 0) is 49.8 Å². The first-order valence-electron chi connectivity index (χ1n) is 9.80. The maximum atomic E-state index is 12.1. The van der Waals surface area contributed by atoms with E-state index in [2.05, 4.69) is 22.9 Å². The molecule has 3 rings (SSSR count). The molecule has 1 aromatic carbocycles. The highest BCUT2D eigenvalue weighted by Gasteiger charge is 2.25. The summed E-state index contributed by atoms with van der Waals surface area (Å²) in [5, 5.41) is 8.73. The number of anilines is 1. The van der Waals surface area contributed by atoms with Crippen molar-refractivity contribution in [1.82, 2.24) is 10.6 Å². The number of halogens is 1. The molecule has 0 heterocycles. The molecule has 0 saturated heterocycles. The number of hydrogen-bond acceptors (Lipinski definition) is 3. The Morgan fingerprint density at radius 2 is 1.96 bits per heavy atom. The van der Waals surface area contributed by atoms with Gasteiger partial charge in [-0.15, -0.1) is 0 Å². The molecule has 7 heteroatoms. The Balaban J connectivity index is 1.39. The summed E-state index contributed by atoms with van der Waals surface area (Å²) >= 11 is 6.19.